The molecule has 1 saturated carbocycles. The molecule has 0 radical (unpaired) electrons. The third kappa shape index (κ3) is 13.4. The predicted octanol–water partition coefficient (Wildman–Crippen LogP) is 6.85. The van der Waals surface area contributed by atoms with Crippen molar-refractivity contribution in [3.8, 4) is 0 Å². The second kappa shape index (κ2) is 20.8. The maximum absolute atomic E-state index is 14.4. The van der Waals surface area contributed by atoms with Crippen molar-refractivity contribution < 1.29 is 29.0 Å². The molecule has 1 aliphatic carbocycles. The summed E-state index contributed by atoms with van der Waals surface area (Å²) in [5.74, 6) is -0.954. The fourth-order valence-corrected chi connectivity index (χ4v) is 7.70. The average Bonchev–Trinajstić information content (AvgIpc) is 3.08. The van der Waals surface area contributed by atoms with Crippen molar-refractivity contribution in [3.63, 3.8) is 0 Å². The molecule has 0 unspecified atom stereocenters. The van der Waals surface area contributed by atoms with Gasteiger partial charge in [0.25, 0.3) is 0 Å². The van der Waals surface area contributed by atoms with Gasteiger partial charge in [-0.15, -0.1) is 0 Å². The second-order valence-corrected chi connectivity index (χ2v) is 16.3. The van der Waals surface area contributed by atoms with E-state index in [9.17, 15) is 24.3 Å². The van der Waals surface area contributed by atoms with Gasteiger partial charge in [-0.3, -0.25) is 14.4 Å². The molecule has 10 nitrogen and oxygen atoms in total. The van der Waals surface area contributed by atoms with Crippen molar-refractivity contribution in [3.05, 3.63) is 35.9 Å². The lowest BCUT2D eigenvalue weighted by Gasteiger charge is -2.42. The number of nitrogens with one attached hydrogen (secondary N) is 3. The molecule has 4 N–H and O–H groups in total. The van der Waals surface area contributed by atoms with Crippen molar-refractivity contribution in [2.75, 3.05) is 13.1 Å². The first-order chi connectivity index (χ1) is 24.2. The highest BCUT2D eigenvalue weighted by atomic mass is 16.6. The lowest BCUT2D eigenvalue weighted by Crippen LogP contribution is -2.62. The van der Waals surface area contributed by atoms with Crippen LogP contribution < -0.4 is 16.0 Å². The Kier molecular flexibility index (Phi) is 17.2. The monoisotopic (exact) mass is 713 g/mol. The Balaban J connectivity index is 1.88. The summed E-state index contributed by atoms with van der Waals surface area (Å²) in [6.45, 7) is 14.4. The van der Waals surface area contributed by atoms with E-state index in [1.807, 2.05) is 44.2 Å². The van der Waals surface area contributed by atoms with Crippen LogP contribution in [-0.4, -0.2) is 76.7 Å². The first kappa shape index (κ1) is 42.3. The van der Waals surface area contributed by atoms with Crippen LogP contribution in [0.3, 0.4) is 0 Å². The minimum absolute atomic E-state index is 0.0162. The highest BCUT2D eigenvalue weighted by Gasteiger charge is 2.44. The zero-order valence-corrected chi connectivity index (χ0v) is 32.5. The molecule has 10 heteroatoms. The third-order valence-corrected chi connectivity index (χ3v) is 10.6. The highest BCUT2D eigenvalue weighted by Crippen LogP contribution is 2.33. The van der Waals surface area contributed by atoms with Crippen LogP contribution in [0.5, 0.6) is 0 Å². The fraction of sp³-hybridized carbons (Fsp3) is 0.756. The van der Waals surface area contributed by atoms with Crippen molar-refractivity contribution in [2.45, 2.75) is 168 Å². The number of benzene rings is 1. The third-order valence-electron chi connectivity index (χ3n) is 10.6. The van der Waals surface area contributed by atoms with Crippen molar-refractivity contribution in [1.82, 2.24) is 20.9 Å². The molecular weight excluding hydrogens is 644 g/mol. The van der Waals surface area contributed by atoms with E-state index in [1.165, 1.54) is 6.42 Å². The Labute approximate surface area is 307 Å². The van der Waals surface area contributed by atoms with Crippen LogP contribution in [0, 0.1) is 17.8 Å². The SMILES string of the molecule is CCCCNC(=O)[C@@H](C[C@H](O)[C@H](CC1CCCCC1)NC(=O)[C@H](CCCC)N1CC[C@@H](c2ccccc2)[C@H](NC(=O)OC(C)(C)C)C1=O)C(C)C. The summed E-state index contributed by atoms with van der Waals surface area (Å²) < 4.78 is 5.57. The van der Waals surface area contributed by atoms with Gasteiger partial charge in [-0.05, 0) is 70.3 Å². The van der Waals surface area contributed by atoms with Gasteiger partial charge in [-0.25, -0.2) is 4.79 Å². The van der Waals surface area contributed by atoms with Crippen LogP contribution in [0.2, 0.25) is 0 Å². The highest BCUT2D eigenvalue weighted by molar-refractivity contribution is 5.93. The number of likely N-dealkylation sites (tertiary alicyclic amines) is 1. The topological polar surface area (TPSA) is 137 Å². The first-order valence-corrected chi connectivity index (χ1v) is 19.9. The molecule has 51 heavy (non-hydrogen) atoms. The molecule has 1 aromatic carbocycles. The van der Waals surface area contributed by atoms with Gasteiger partial charge in [-0.2, -0.15) is 0 Å². The summed E-state index contributed by atoms with van der Waals surface area (Å²) in [5, 5.41) is 20.9. The number of hydrogen-bond donors (Lipinski definition) is 4. The number of carbonyl (C=O) groups excluding carboxylic acids is 4. The first-order valence-electron chi connectivity index (χ1n) is 19.9. The lowest BCUT2D eigenvalue weighted by molar-refractivity contribution is -0.146. The number of aliphatic hydroxyl groups excluding tert-OH is 1. The number of hydrogen-bond acceptors (Lipinski definition) is 6. The largest absolute Gasteiger partial charge is 0.444 e. The van der Waals surface area contributed by atoms with Gasteiger partial charge in [0.05, 0.1) is 12.1 Å². The molecule has 0 aromatic heterocycles. The standard InChI is InChI=1S/C41H68N4O6/c1-8-10-22-34(45-25-23-31(30-20-16-13-17-21-30)36(39(45)49)44-40(50)51-41(5,6)7)38(48)43-33(26-29-18-14-12-15-19-29)35(46)27-32(28(3)4)37(47)42-24-11-9-2/h13,16-17,20-21,28-29,31-36,46H,8-12,14-15,18-19,22-27H2,1-7H3,(H,42,47)(H,43,48)(H,44,50)/t31-,32-,33-,34-,35-,36-/m0/s1. The number of alkyl carbamates (subject to hydrolysis) is 1. The normalized spacial score (nSPS) is 21.0. The van der Waals surface area contributed by atoms with Gasteiger partial charge >= 0.3 is 6.09 Å². The van der Waals surface area contributed by atoms with Gasteiger partial charge in [0.1, 0.15) is 17.7 Å². The summed E-state index contributed by atoms with van der Waals surface area (Å²) in [6.07, 6.45) is 9.31. The number of piperidine rings is 1. The number of ether oxygens (including phenoxy) is 1. The molecule has 0 spiro atoms. The van der Waals surface area contributed by atoms with E-state index < -0.39 is 41.8 Å². The summed E-state index contributed by atoms with van der Waals surface area (Å²) in [4.78, 5) is 56.8. The Hall–Kier alpha value is -3.14. The van der Waals surface area contributed by atoms with Gasteiger partial charge in [-0.1, -0.05) is 109 Å². The van der Waals surface area contributed by atoms with Crippen molar-refractivity contribution in [2.24, 2.45) is 17.8 Å². The summed E-state index contributed by atoms with van der Waals surface area (Å²) in [7, 11) is 0. The fourth-order valence-electron chi connectivity index (χ4n) is 7.70. The van der Waals surface area contributed by atoms with Crippen LogP contribution in [-0.2, 0) is 19.1 Å². The van der Waals surface area contributed by atoms with E-state index in [1.54, 1.807) is 25.7 Å². The molecule has 1 saturated heterocycles. The maximum Gasteiger partial charge on any atom is 0.408 e. The number of amides is 4. The Bertz CT molecular complexity index is 1230. The number of aliphatic hydroxyl groups is 1. The lowest BCUT2D eigenvalue weighted by atomic mass is 9.81. The second-order valence-electron chi connectivity index (χ2n) is 16.3. The molecule has 2 aliphatic rings. The number of carbonyl (C=O) groups is 4. The Morgan fingerprint density at radius 2 is 1.63 bits per heavy atom. The molecule has 6 atom stereocenters. The maximum atomic E-state index is 14.4. The van der Waals surface area contributed by atoms with Crippen LogP contribution >= 0.6 is 0 Å². The zero-order valence-electron chi connectivity index (χ0n) is 32.5. The van der Waals surface area contributed by atoms with Crippen LogP contribution in [0.15, 0.2) is 30.3 Å². The molecule has 1 aromatic rings. The number of rotatable bonds is 18. The zero-order chi connectivity index (χ0) is 37.6. The van der Waals surface area contributed by atoms with Gasteiger partial charge in [0.2, 0.25) is 17.7 Å². The predicted molar refractivity (Wildman–Crippen MR) is 202 cm³/mol. The number of nitrogens with zero attached hydrogens (tertiary/aromatic N) is 1. The molecular formula is C41H68N4O6. The van der Waals surface area contributed by atoms with Crippen LogP contribution in [0.4, 0.5) is 4.79 Å². The van der Waals surface area contributed by atoms with E-state index in [0.29, 0.717) is 38.3 Å². The van der Waals surface area contributed by atoms with Gasteiger partial charge < -0.3 is 30.7 Å². The van der Waals surface area contributed by atoms with Crippen molar-refractivity contribution in [1.29, 1.82) is 0 Å². The van der Waals surface area contributed by atoms with E-state index >= 15 is 0 Å². The minimum Gasteiger partial charge on any atom is -0.444 e. The molecule has 0 bridgehead atoms. The summed E-state index contributed by atoms with van der Waals surface area (Å²) in [5.41, 5.74) is 0.196. The van der Waals surface area contributed by atoms with Gasteiger partial charge in [0.15, 0.2) is 0 Å². The molecule has 288 valence electrons. The average molecular weight is 713 g/mol. The van der Waals surface area contributed by atoms with E-state index in [-0.39, 0.29) is 36.0 Å². The summed E-state index contributed by atoms with van der Waals surface area (Å²) in [6, 6.07) is 7.46. The van der Waals surface area contributed by atoms with E-state index in [2.05, 4.69) is 29.8 Å². The molecule has 3 rings (SSSR count). The molecule has 1 heterocycles. The van der Waals surface area contributed by atoms with Crippen LogP contribution in [0.25, 0.3) is 0 Å². The Morgan fingerprint density at radius 1 is 0.961 bits per heavy atom. The van der Waals surface area contributed by atoms with E-state index in [0.717, 1.165) is 56.9 Å². The minimum atomic E-state index is -0.923. The van der Waals surface area contributed by atoms with Gasteiger partial charge in [0, 0.05) is 24.9 Å². The number of unbranched alkanes of at least 4 members (excludes halogenated alkanes) is 2. The smallest absolute Gasteiger partial charge is 0.408 e. The molecule has 4 amide bonds. The quantitative estimate of drug-likeness (QED) is 0.123. The Morgan fingerprint density at radius 3 is 2.24 bits per heavy atom. The van der Waals surface area contributed by atoms with E-state index in [4.69, 9.17) is 4.74 Å². The summed E-state index contributed by atoms with van der Waals surface area (Å²) >= 11 is 0. The van der Waals surface area contributed by atoms with Crippen LogP contribution in [0.1, 0.15) is 143 Å². The molecule has 1 aliphatic heterocycles. The van der Waals surface area contributed by atoms with Crippen molar-refractivity contribution >= 4 is 23.8 Å². The molecule has 2 fully saturated rings.